The van der Waals surface area contributed by atoms with Crippen molar-refractivity contribution < 1.29 is 4.65 Å². The molecule has 2 aromatic rings. The van der Waals surface area contributed by atoms with Crippen molar-refractivity contribution in [3.8, 4) is 0 Å². The lowest BCUT2D eigenvalue weighted by atomic mass is 10.1. The fourth-order valence-electron chi connectivity index (χ4n) is 3.33. The molecule has 124 valence electrons. The van der Waals surface area contributed by atoms with Crippen LogP contribution in [0.4, 0.5) is 0 Å². The van der Waals surface area contributed by atoms with E-state index in [4.69, 9.17) is 0 Å². The van der Waals surface area contributed by atoms with Crippen LogP contribution in [-0.2, 0) is 13.1 Å². The summed E-state index contributed by atoms with van der Waals surface area (Å²) in [6, 6.07) is 21.0. The van der Waals surface area contributed by atoms with Crippen LogP contribution in [0.15, 0.2) is 60.7 Å². The number of piperazine rings is 1. The van der Waals surface area contributed by atoms with Crippen molar-refractivity contribution in [2.24, 2.45) is 0 Å². The van der Waals surface area contributed by atoms with E-state index < -0.39 is 0 Å². The summed E-state index contributed by atoms with van der Waals surface area (Å²) in [6.07, 6.45) is 0. The smallest absolute Gasteiger partial charge is 0.104 e. The number of rotatable bonds is 4. The molecule has 4 heteroatoms. The Morgan fingerprint density at radius 2 is 1.57 bits per heavy atom. The third-order valence-corrected chi connectivity index (χ3v) is 4.56. The summed E-state index contributed by atoms with van der Waals surface area (Å²) in [5.41, 5.74) is 2.46. The molecule has 2 unspecified atom stereocenters. The summed E-state index contributed by atoms with van der Waals surface area (Å²) in [5, 5.41) is 13.0. The second-order valence-electron chi connectivity index (χ2n) is 6.41. The quantitative estimate of drug-likeness (QED) is 0.628. The minimum atomic E-state index is -0.101. The van der Waals surface area contributed by atoms with Crippen molar-refractivity contribution in [1.29, 1.82) is 0 Å². The molecule has 0 spiro atoms. The molecule has 0 N–H and O–H groups in total. The molecule has 1 fully saturated rings. The molecule has 1 aliphatic rings. The van der Waals surface area contributed by atoms with E-state index in [1.54, 1.807) is 0 Å². The van der Waals surface area contributed by atoms with Gasteiger partial charge in [-0.05, 0) is 12.5 Å². The predicted octanol–water partition coefficient (Wildman–Crippen LogP) is 3.83. The Balaban J connectivity index is 0.00000192. The van der Waals surface area contributed by atoms with E-state index in [2.05, 4.69) is 48.2 Å². The Morgan fingerprint density at radius 1 is 1.00 bits per heavy atom. The van der Waals surface area contributed by atoms with Crippen molar-refractivity contribution in [2.75, 3.05) is 19.6 Å². The highest BCUT2D eigenvalue weighted by atomic mass is 35.5. The average Bonchev–Trinajstić information content (AvgIpc) is 2.52. The molecule has 2 aromatic carbocycles. The highest BCUT2D eigenvalue weighted by molar-refractivity contribution is 5.85. The van der Waals surface area contributed by atoms with E-state index in [0.717, 1.165) is 18.7 Å². The molecular formula is C19H25ClN2O. The van der Waals surface area contributed by atoms with Crippen molar-refractivity contribution in [3.63, 3.8) is 0 Å². The van der Waals surface area contributed by atoms with E-state index >= 15 is 0 Å². The molecule has 0 aromatic heterocycles. The number of hydroxylamine groups is 3. The number of halogens is 1. The standard InChI is InChI=1S/C19H24N2O.ClH/c1-17-15-21(22,16-19-10-6-3-7-11-19)13-12-20(17)14-18-8-4-2-5-9-18;/h2-11,17H,12-16H2,1H3;1H. The Labute approximate surface area is 145 Å². The van der Waals surface area contributed by atoms with Gasteiger partial charge in [-0.3, -0.25) is 4.90 Å². The molecule has 1 aliphatic heterocycles. The van der Waals surface area contributed by atoms with Crippen LogP contribution in [0.2, 0.25) is 0 Å². The summed E-state index contributed by atoms with van der Waals surface area (Å²) in [4.78, 5) is 2.43. The summed E-state index contributed by atoms with van der Waals surface area (Å²) in [7, 11) is 0. The molecule has 1 saturated heterocycles. The van der Waals surface area contributed by atoms with Crippen molar-refractivity contribution in [3.05, 3.63) is 77.0 Å². The first kappa shape index (κ1) is 18.0. The van der Waals surface area contributed by atoms with Gasteiger partial charge in [-0.1, -0.05) is 60.7 Å². The van der Waals surface area contributed by atoms with Crippen molar-refractivity contribution in [2.45, 2.75) is 26.1 Å². The number of hydrogen-bond donors (Lipinski definition) is 0. The molecule has 0 saturated carbocycles. The van der Waals surface area contributed by atoms with Gasteiger partial charge in [0, 0.05) is 18.7 Å². The lowest BCUT2D eigenvalue weighted by Crippen LogP contribution is -2.59. The number of benzene rings is 2. The molecular weight excluding hydrogens is 308 g/mol. The second-order valence-corrected chi connectivity index (χ2v) is 6.41. The topological polar surface area (TPSA) is 26.3 Å². The van der Waals surface area contributed by atoms with Gasteiger partial charge in [-0.2, -0.15) is 0 Å². The molecule has 0 radical (unpaired) electrons. The van der Waals surface area contributed by atoms with Crippen LogP contribution < -0.4 is 0 Å². The van der Waals surface area contributed by atoms with Gasteiger partial charge < -0.3 is 9.85 Å². The maximum atomic E-state index is 13.0. The van der Waals surface area contributed by atoms with E-state index in [9.17, 15) is 5.21 Å². The fraction of sp³-hybridized carbons (Fsp3) is 0.368. The number of nitrogens with zero attached hydrogens (tertiary/aromatic N) is 2. The van der Waals surface area contributed by atoms with Gasteiger partial charge in [0.25, 0.3) is 0 Å². The third-order valence-electron chi connectivity index (χ3n) is 4.56. The maximum absolute atomic E-state index is 13.0. The zero-order chi connectivity index (χ0) is 15.4. The molecule has 1 heterocycles. The van der Waals surface area contributed by atoms with Gasteiger partial charge in [-0.15, -0.1) is 12.4 Å². The first-order valence-corrected chi connectivity index (χ1v) is 8.04. The highest BCUT2D eigenvalue weighted by Gasteiger charge is 2.31. The lowest BCUT2D eigenvalue weighted by Gasteiger charge is -2.51. The summed E-state index contributed by atoms with van der Waals surface area (Å²) >= 11 is 0. The van der Waals surface area contributed by atoms with Crippen LogP contribution in [0, 0.1) is 5.21 Å². The Bertz CT molecular complexity index is 593. The minimum absolute atomic E-state index is 0. The van der Waals surface area contributed by atoms with Gasteiger partial charge in [0.05, 0.1) is 19.1 Å². The Kier molecular flexibility index (Phi) is 6.19. The van der Waals surface area contributed by atoms with E-state index in [0.29, 0.717) is 25.7 Å². The van der Waals surface area contributed by atoms with Crippen LogP contribution >= 0.6 is 12.4 Å². The normalized spacial score (nSPS) is 24.9. The van der Waals surface area contributed by atoms with Gasteiger partial charge in [0.15, 0.2) is 0 Å². The second kappa shape index (κ2) is 7.93. The average molecular weight is 333 g/mol. The fourth-order valence-corrected chi connectivity index (χ4v) is 3.33. The van der Waals surface area contributed by atoms with Gasteiger partial charge >= 0.3 is 0 Å². The van der Waals surface area contributed by atoms with Crippen molar-refractivity contribution >= 4 is 12.4 Å². The zero-order valence-corrected chi connectivity index (χ0v) is 14.4. The summed E-state index contributed by atoms with van der Waals surface area (Å²) in [5.74, 6) is 0. The molecule has 23 heavy (non-hydrogen) atoms. The van der Waals surface area contributed by atoms with Gasteiger partial charge in [0.1, 0.15) is 6.54 Å². The SMILES string of the molecule is CC1C[N+]([O-])(Cc2ccccc2)CCN1Cc1ccccc1.Cl. The monoisotopic (exact) mass is 332 g/mol. The highest BCUT2D eigenvalue weighted by Crippen LogP contribution is 2.22. The van der Waals surface area contributed by atoms with Crippen LogP contribution in [0.1, 0.15) is 18.1 Å². The van der Waals surface area contributed by atoms with Crippen LogP contribution in [0.25, 0.3) is 0 Å². The molecule has 0 aliphatic carbocycles. The van der Waals surface area contributed by atoms with Crippen LogP contribution in [0.3, 0.4) is 0 Å². The molecule has 0 amide bonds. The molecule has 3 nitrogen and oxygen atoms in total. The Hall–Kier alpha value is -1.39. The van der Waals surface area contributed by atoms with Gasteiger partial charge in [-0.25, -0.2) is 0 Å². The number of hydrogen-bond acceptors (Lipinski definition) is 2. The summed E-state index contributed by atoms with van der Waals surface area (Å²) in [6.45, 7) is 5.91. The zero-order valence-electron chi connectivity index (χ0n) is 13.6. The number of quaternary nitrogens is 1. The third kappa shape index (κ3) is 4.79. The predicted molar refractivity (Wildman–Crippen MR) is 97.1 cm³/mol. The van der Waals surface area contributed by atoms with E-state index in [1.807, 2.05) is 24.3 Å². The lowest BCUT2D eigenvalue weighted by molar-refractivity contribution is -0.901. The molecule has 0 bridgehead atoms. The van der Waals surface area contributed by atoms with E-state index in [1.165, 1.54) is 5.56 Å². The maximum Gasteiger partial charge on any atom is 0.104 e. The van der Waals surface area contributed by atoms with Crippen LogP contribution in [0.5, 0.6) is 0 Å². The first-order chi connectivity index (χ1) is 10.6. The Morgan fingerprint density at radius 3 is 2.13 bits per heavy atom. The summed E-state index contributed by atoms with van der Waals surface area (Å²) < 4.78 is -0.101. The van der Waals surface area contributed by atoms with Gasteiger partial charge in [0.2, 0.25) is 0 Å². The minimum Gasteiger partial charge on any atom is -0.632 e. The van der Waals surface area contributed by atoms with Crippen LogP contribution in [-0.4, -0.2) is 35.2 Å². The molecule has 3 rings (SSSR count). The molecule has 2 atom stereocenters. The largest absolute Gasteiger partial charge is 0.632 e. The van der Waals surface area contributed by atoms with Crippen molar-refractivity contribution in [1.82, 2.24) is 4.90 Å². The first-order valence-electron chi connectivity index (χ1n) is 8.04. The van der Waals surface area contributed by atoms with E-state index in [-0.39, 0.29) is 17.1 Å².